The van der Waals surface area contributed by atoms with Crippen LogP contribution >= 0.6 is 0 Å². The molecule has 0 radical (unpaired) electrons. The third-order valence-corrected chi connectivity index (χ3v) is 5.57. The number of hydrogen-bond donors (Lipinski definition) is 3. The van der Waals surface area contributed by atoms with E-state index in [-0.39, 0.29) is 17.3 Å². The van der Waals surface area contributed by atoms with Crippen LogP contribution in [0.5, 0.6) is 5.75 Å². The molecule has 8 nitrogen and oxygen atoms in total. The van der Waals surface area contributed by atoms with Crippen LogP contribution in [0.15, 0.2) is 18.5 Å². The van der Waals surface area contributed by atoms with E-state index in [0.717, 1.165) is 48.3 Å². The first-order valence-corrected chi connectivity index (χ1v) is 9.01. The Bertz CT molecular complexity index is 905. The van der Waals surface area contributed by atoms with Crippen LogP contribution in [-0.4, -0.2) is 48.0 Å². The fourth-order valence-electron chi connectivity index (χ4n) is 4.09. The number of aromatic nitrogens is 2. The number of benzene rings is 1. The standard InChI is InChI=1S/C19H24N6O2/c1-11-8-12(23-17-15(27-3)16(20)21-10-22-17)9-13-14(11)18(26)24-19(13)4-6-25(2)7-5-19/h8-10H,4-7H2,1-3H3,(H,24,26)(H3,20,21,22,23). The molecule has 0 aliphatic carbocycles. The molecule has 1 saturated heterocycles. The zero-order chi connectivity index (χ0) is 19.2. The molecule has 2 aromatic rings. The first kappa shape index (κ1) is 17.5. The van der Waals surface area contributed by atoms with Gasteiger partial charge in [-0.05, 0) is 50.1 Å². The molecule has 142 valence electrons. The summed E-state index contributed by atoms with van der Waals surface area (Å²) in [4.78, 5) is 23.1. The first-order chi connectivity index (χ1) is 12.9. The van der Waals surface area contributed by atoms with Crippen LogP contribution in [0.4, 0.5) is 17.3 Å². The molecule has 0 bridgehead atoms. The predicted octanol–water partition coefficient (Wildman–Crippen LogP) is 1.78. The molecule has 3 heterocycles. The maximum absolute atomic E-state index is 12.7. The van der Waals surface area contributed by atoms with Crippen LogP contribution in [0.25, 0.3) is 0 Å². The van der Waals surface area contributed by atoms with Crippen molar-refractivity contribution in [1.29, 1.82) is 0 Å². The lowest BCUT2D eigenvalue weighted by molar-refractivity contribution is 0.0880. The van der Waals surface area contributed by atoms with E-state index in [4.69, 9.17) is 10.5 Å². The van der Waals surface area contributed by atoms with Crippen LogP contribution < -0.4 is 21.1 Å². The molecule has 1 aromatic heterocycles. The lowest BCUT2D eigenvalue weighted by atomic mass is 9.81. The Morgan fingerprint density at radius 1 is 1.30 bits per heavy atom. The van der Waals surface area contributed by atoms with E-state index in [1.165, 1.54) is 13.4 Å². The van der Waals surface area contributed by atoms with Gasteiger partial charge in [0, 0.05) is 24.3 Å². The summed E-state index contributed by atoms with van der Waals surface area (Å²) < 4.78 is 5.33. The number of nitrogen functional groups attached to an aromatic ring is 1. The average molecular weight is 368 g/mol. The predicted molar refractivity (Wildman–Crippen MR) is 103 cm³/mol. The number of nitrogens with one attached hydrogen (secondary N) is 2. The fraction of sp³-hybridized carbons (Fsp3) is 0.421. The number of nitrogens with two attached hydrogens (primary N) is 1. The number of amides is 1. The van der Waals surface area contributed by atoms with Gasteiger partial charge in [0.2, 0.25) is 5.75 Å². The largest absolute Gasteiger partial charge is 0.490 e. The highest BCUT2D eigenvalue weighted by Crippen LogP contribution is 2.42. The normalized spacial score (nSPS) is 18.3. The van der Waals surface area contributed by atoms with Gasteiger partial charge in [0.1, 0.15) is 6.33 Å². The van der Waals surface area contributed by atoms with Gasteiger partial charge in [-0.15, -0.1) is 0 Å². The number of methoxy groups -OCH3 is 1. The van der Waals surface area contributed by atoms with Gasteiger partial charge < -0.3 is 26.0 Å². The van der Waals surface area contributed by atoms with Gasteiger partial charge in [0.15, 0.2) is 11.6 Å². The number of piperidine rings is 1. The molecule has 1 spiro atoms. The molecule has 4 N–H and O–H groups in total. The van der Waals surface area contributed by atoms with E-state index >= 15 is 0 Å². The minimum absolute atomic E-state index is 0.0162. The van der Waals surface area contributed by atoms with E-state index in [9.17, 15) is 4.79 Å². The number of nitrogens with zero attached hydrogens (tertiary/aromatic N) is 3. The Kier molecular flexibility index (Phi) is 4.15. The maximum Gasteiger partial charge on any atom is 0.252 e. The molecule has 0 atom stereocenters. The van der Waals surface area contributed by atoms with Crippen LogP contribution in [-0.2, 0) is 5.54 Å². The monoisotopic (exact) mass is 368 g/mol. The number of fused-ring (bicyclic) bond motifs is 2. The zero-order valence-electron chi connectivity index (χ0n) is 15.8. The van der Waals surface area contributed by atoms with Gasteiger partial charge in [0.25, 0.3) is 5.91 Å². The van der Waals surface area contributed by atoms with Gasteiger partial charge in [-0.3, -0.25) is 4.79 Å². The quantitative estimate of drug-likeness (QED) is 0.758. The van der Waals surface area contributed by atoms with Gasteiger partial charge in [0.05, 0.1) is 12.6 Å². The first-order valence-electron chi connectivity index (χ1n) is 9.01. The van der Waals surface area contributed by atoms with Crippen molar-refractivity contribution in [2.45, 2.75) is 25.3 Å². The number of carbonyl (C=O) groups excluding carboxylic acids is 1. The molecule has 0 saturated carbocycles. The van der Waals surface area contributed by atoms with Crippen LogP contribution in [0.1, 0.15) is 34.3 Å². The van der Waals surface area contributed by atoms with Crippen molar-refractivity contribution in [3.05, 3.63) is 35.2 Å². The number of ether oxygens (including phenoxy) is 1. The number of hydrogen-bond acceptors (Lipinski definition) is 7. The van der Waals surface area contributed by atoms with E-state index in [0.29, 0.717) is 11.6 Å². The van der Waals surface area contributed by atoms with Crippen molar-refractivity contribution in [1.82, 2.24) is 20.2 Å². The van der Waals surface area contributed by atoms with Crippen LogP contribution in [0, 0.1) is 6.92 Å². The molecule has 1 amide bonds. The smallest absolute Gasteiger partial charge is 0.252 e. The summed E-state index contributed by atoms with van der Waals surface area (Å²) in [7, 11) is 3.64. The Hall–Kier alpha value is -2.87. The fourth-order valence-corrected chi connectivity index (χ4v) is 4.09. The summed E-state index contributed by atoms with van der Waals surface area (Å²) in [6.45, 7) is 3.86. The Morgan fingerprint density at radius 2 is 2.04 bits per heavy atom. The molecular formula is C19H24N6O2. The van der Waals surface area contributed by atoms with E-state index in [1.807, 2.05) is 19.1 Å². The number of rotatable bonds is 3. The highest BCUT2D eigenvalue weighted by Gasteiger charge is 2.45. The van der Waals surface area contributed by atoms with Crippen molar-refractivity contribution < 1.29 is 9.53 Å². The molecule has 8 heteroatoms. The van der Waals surface area contributed by atoms with E-state index in [2.05, 4.69) is 32.5 Å². The summed E-state index contributed by atoms with van der Waals surface area (Å²) in [6, 6.07) is 3.99. The van der Waals surface area contributed by atoms with E-state index < -0.39 is 0 Å². The van der Waals surface area contributed by atoms with Crippen molar-refractivity contribution in [2.75, 3.05) is 38.3 Å². The maximum atomic E-state index is 12.7. The lowest BCUT2D eigenvalue weighted by Gasteiger charge is -2.38. The summed E-state index contributed by atoms with van der Waals surface area (Å²) in [5.74, 6) is 1.19. The zero-order valence-corrected chi connectivity index (χ0v) is 15.8. The summed E-state index contributed by atoms with van der Waals surface area (Å²) in [5, 5.41) is 6.53. The molecule has 4 rings (SSSR count). The van der Waals surface area contributed by atoms with E-state index in [1.54, 1.807) is 0 Å². The number of likely N-dealkylation sites (tertiary alicyclic amines) is 1. The van der Waals surface area contributed by atoms with Gasteiger partial charge >= 0.3 is 0 Å². The lowest BCUT2D eigenvalue weighted by Crippen LogP contribution is -2.48. The highest BCUT2D eigenvalue weighted by molar-refractivity contribution is 6.02. The molecule has 0 unspecified atom stereocenters. The van der Waals surface area contributed by atoms with Gasteiger partial charge in [-0.1, -0.05) is 0 Å². The average Bonchev–Trinajstić information content (AvgIpc) is 2.90. The Morgan fingerprint density at radius 3 is 2.74 bits per heavy atom. The van der Waals surface area contributed by atoms with Gasteiger partial charge in [-0.25, -0.2) is 9.97 Å². The second-order valence-electron chi connectivity index (χ2n) is 7.32. The summed E-state index contributed by atoms with van der Waals surface area (Å²) in [5.41, 5.74) is 9.21. The third kappa shape index (κ3) is 2.86. The summed E-state index contributed by atoms with van der Waals surface area (Å²) in [6.07, 6.45) is 3.19. The van der Waals surface area contributed by atoms with Crippen LogP contribution in [0.3, 0.4) is 0 Å². The topological polar surface area (TPSA) is 105 Å². The van der Waals surface area contributed by atoms with Crippen molar-refractivity contribution >= 4 is 23.2 Å². The minimum atomic E-state index is -0.295. The van der Waals surface area contributed by atoms with Crippen molar-refractivity contribution in [3.63, 3.8) is 0 Å². The molecule has 2 aliphatic heterocycles. The van der Waals surface area contributed by atoms with Crippen LogP contribution in [0.2, 0.25) is 0 Å². The molecule has 1 fully saturated rings. The molecule has 2 aliphatic rings. The Balaban J connectivity index is 1.75. The number of aryl methyl sites for hydroxylation is 1. The molecule has 27 heavy (non-hydrogen) atoms. The van der Waals surface area contributed by atoms with Gasteiger partial charge in [-0.2, -0.15) is 0 Å². The summed E-state index contributed by atoms with van der Waals surface area (Å²) >= 11 is 0. The molecule has 1 aromatic carbocycles. The minimum Gasteiger partial charge on any atom is -0.490 e. The number of anilines is 3. The second kappa shape index (κ2) is 6.38. The second-order valence-corrected chi connectivity index (χ2v) is 7.32. The third-order valence-electron chi connectivity index (χ3n) is 5.57. The number of carbonyl (C=O) groups is 1. The highest BCUT2D eigenvalue weighted by atomic mass is 16.5. The van der Waals surface area contributed by atoms with Crippen molar-refractivity contribution in [2.24, 2.45) is 0 Å². The SMILES string of the molecule is COc1c(N)ncnc1Nc1cc(C)c2c(c1)C1(CCN(C)CC1)NC2=O. The Labute approximate surface area is 158 Å². The van der Waals surface area contributed by atoms with Crippen molar-refractivity contribution in [3.8, 4) is 5.75 Å². The molecular weight excluding hydrogens is 344 g/mol.